The summed E-state index contributed by atoms with van der Waals surface area (Å²) in [5, 5.41) is 1.16. The van der Waals surface area contributed by atoms with E-state index in [2.05, 4.69) is 48.8 Å². The Hall–Kier alpha value is -2.29. The minimum atomic E-state index is -0.422. The molecule has 0 aliphatic heterocycles. The highest BCUT2D eigenvalue weighted by Crippen LogP contribution is 2.50. The third kappa shape index (κ3) is 1.52. The van der Waals surface area contributed by atoms with Gasteiger partial charge in [0.15, 0.2) is 6.20 Å². The van der Waals surface area contributed by atoms with E-state index in [1.54, 1.807) is 12.3 Å². The van der Waals surface area contributed by atoms with Crippen molar-refractivity contribution >= 4 is 10.9 Å². The van der Waals surface area contributed by atoms with Crippen LogP contribution in [0.1, 0.15) is 25.0 Å². The number of aromatic nitrogens is 2. The zero-order chi connectivity index (χ0) is 14.8. The SMILES string of the molecule is C[n+]1cc2c(c3ccccc31)-c1cc(F)ncc1C2(C)C. The Balaban J connectivity index is 2.23. The minimum absolute atomic E-state index is 0.160. The molecule has 104 valence electrons. The Morgan fingerprint density at radius 1 is 1.14 bits per heavy atom. The van der Waals surface area contributed by atoms with Crippen LogP contribution in [0.4, 0.5) is 4.39 Å². The second-order valence-corrected chi connectivity index (χ2v) is 6.22. The lowest BCUT2D eigenvalue weighted by molar-refractivity contribution is -0.645. The van der Waals surface area contributed by atoms with Crippen molar-refractivity contribution in [1.29, 1.82) is 0 Å². The van der Waals surface area contributed by atoms with Crippen LogP contribution in [0.3, 0.4) is 0 Å². The van der Waals surface area contributed by atoms with E-state index in [-0.39, 0.29) is 5.41 Å². The zero-order valence-electron chi connectivity index (χ0n) is 12.3. The van der Waals surface area contributed by atoms with Gasteiger partial charge in [0.25, 0.3) is 0 Å². The van der Waals surface area contributed by atoms with Crippen molar-refractivity contribution < 1.29 is 8.96 Å². The topological polar surface area (TPSA) is 16.8 Å². The molecule has 0 saturated heterocycles. The van der Waals surface area contributed by atoms with Gasteiger partial charge in [-0.15, -0.1) is 0 Å². The monoisotopic (exact) mass is 279 g/mol. The van der Waals surface area contributed by atoms with E-state index >= 15 is 0 Å². The van der Waals surface area contributed by atoms with Gasteiger partial charge in [0.1, 0.15) is 7.05 Å². The van der Waals surface area contributed by atoms with Gasteiger partial charge in [-0.3, -0.25) is 0 Å². The molecule has 0 atom stereocenters. The molecule has 0 saturated carbocycles. The maximum Gasteiger partial charge on any atom is 0.213 e. The molecule has 0 spiro atoms. The van der Waals surface area contributed by atoms with Gasteiger partial charge >= 0.3 is 0 Å². The molecular formula is C18H16FN2+. The third-order valence-corrected chi connectivity index (χ3v) is 4.63. The van der Waals surface area contributed by atoms with E-state index in [4.69, 9.17) is 0 Å². The predicted octanol–water partition coefficient (Wildman–Crippen LogP) is 3.50. The fraction of sp³-hybridized carbons (Fsp3) is 0.222. The van der Waals surface area contributed by atoms with Crippen LogP contribution in [0.25, 0.3) is 22.0 Å². The van der Waals surface area contributed by atoms with Crippen LogP contribution < -0.4 is 4.57 Å². The largest absolute Gasteiger partial charge is 0.228 e. The fourth-order valence-electron chi connectivity index (χ4n) is 3.51. The van der Waals surface area contributed by atoms with Crippen molar-refractivity contribution in [3.05, 3.63) is 59.8 Å². The molecule has 1 aromatic carbocycles. The van der Waals surface area contributed by atoms with Crippen molar-refractivity contribution in [3.63, 3.8) is 0 Å². The maximum atomic E-state index is 13.7. The molecular weight excluding hydrogens is 263 g/mol. The maximum absolute atomic E-state index is 13.7. The van der Waals surface area contributed by atoms with Crippen LogP contribution in [0.15, 0.2) is 42.7 Å². The second kappa shape index (κ2) is 3.88. The first-order chi connectivity index (χ1) is 10.00. The van der Waals surface area contributed by atoms with Crippen LogP contribution in [-0.2, 0) is 12.5 Å². The molecule has 2 heterocycles. The molecule has 0 amide bonds. The van der Waals surface area contributed by atoms with Gasteiger partial charge in [0, 0.05) is 34.9 Å². The normalized spacial score (nSPS) is 15.0. The lowest BCUT2D eigenvalue weighted by Crippen LogP contribution is -2.31. The molecule has 2 nitrogen and oxygen atoms in total. The number of rotatable bonds is 0. The van der Waals surface area contributed by atoms with Gasteiger partial charge in [0.05, 0.1) is 5.39 Å². The molecule has 3 heteroatoms. The number of benzene rings is 1. The van der Waals surface area contributed by atoms with Crippen LogP contribution >= 0.6 is 0 Å². The molecule has 1 aliphatic carbocycles. The third-order valence-electron chi connectivity index (χ3n) is 4.63. The van der Waals surface area contributed by atoms with Gasteiger partial charge in [-0.2, -0.15) is 4.39 Å². The average Bonchev–Trinajstić information content (AvgIpc) is 2.67. The Morgan fingerprint density at radius 2 is 1.90 bits per heavy atom. The summed E-state index contributed by atoms with van der Waals surface area (Å²) >= 11 is 0. The van der Waals surface area contributed by atoms with Crippen LogP contribution in [0.2, 0.25) is 0 Å². The summed E-state index contributed by atoms with van der Waals surface area (Å²) in [6.07, 6.45) is 3.84. The number of hydrogen-bond donors (Lipinski definition) is 0. The molecule has 0 fully saturated rings. The summed E-state index contributed by atoms with van der Waals surface area (Å²) in [6.45, 7) is 4.35. The molecule has 0 N–H and O–H groups in total. The standard InChI is InChI=1S/C18H16FN2/c1-18(2)13-9-20-16(19)8-12(13)17-11-6-4-5-7-15(11)21(3)10-14(17)18/h4-10H,1-3H3/q+1. The van der Waals surface area contributed by atoms with Crippen molar-refractivity contribution in [1.82, 2.24) is 4.98 Å². The lowest BCUT2D eigenvalue weighted by atomic mass is 9.83. The van der Waals surface area contributed by atoms with Gasteiger partial charge in [-0.05, 0) is 17.2 Å². The average molecular weight is 279 g/mol. The van der Waals surface area contributed by atoms with E-state index in [1.165, 1.54) is 5.56 Å². The van der Waals surface area contributed by atoms with Crippen molar-refractivity contribution in [2.75, 3.05) is 0 Å². The van der Waals surface area contributed by atoms with Gasteiger partial charge in [-0.1, -0.05) is 26.0 Å². The van der Waals surface area contributed by atoms with Gasteiger partial charge in [0.2, 0.25) is 11.5 Å². The highest BCUT2D eigenvalue weighted by atomic mass is 19.1. The predicted molar refractivity (Wildman–Crippen MR) is 80.4 cm³/mol. The summed E-state index contributed by atoms with van der Waals surface area (Å²) in [5.74, 6) is -0.422. The molecule has 0 radical (unpaired) electrons. The highest BCUT2D eigenvalue weighted by Gasteiger charge is 2.39. The van der Waals surface area contributed by atoms with Crippen LogP contribution in [0.5, 0.6) is 0 Å². The summed E-state index contributed by atoms with van der Waals surface area (Å²) < 4.78 is 15.8. The van der Waals surface area contributed by atoms with Gasteiger partial charge in [-0.25, -0.2) is 9.55 Å². The summed E-state index contributed by atoms with van der Waals surface area (Å²) in [6, 6.07) is 9.83. The van der Waals surface area contributed by atoms with E-state index in [0.717, 1.165) is 27.6 Å². The molecule has 4 rings (SSSR count). The highest BCUT2D eigenvalue weighted by molar-refractivity contribution is 5.98. The van der Waals surface area contributed by atoms with Crippen molar-refractivity contribution in [3.8, 4) is 11.1 Å². The summed E-state index contributed by atoms with van der Waals surface area (Å²) in [5.41, 5.74) is 5.43. The minimum Gasteiger partial charge on any atom is -0.228 e. The quantitative estimate of drug-likeness (QED) is 0.454. The van der Waals surface area contributed by atoms with Crippen LogP contribution in [0, 0.1) is 5.95 Å². The first-order valence-electron chi connectivity index (χ1n) is 7.08. The first kappa shape index (κ1) is 12.5. The fourth-order valence-corrected chi connectivity index (χ4v) is 3.51. The number of pyridine rings is 2. The lowest BCUT2D eigenvalue weighted by Gasteiger charge is -2.19. The Morgan fingerprint density at radius 3 is 2.71 bits per heavy atom. The molecule has 3 aromatic rings. The zero-order valence-corrected chi connectivity index (χ0v) is 12.3. The molecule has 21 heavy (non-hydrogen) atoms. The van der Waals surface area contributed by atoms with E-state index in [9.17, 15) is 4.39 Å². The number of halogens is 1. The van der Waals surface area contributed by atoms with Gasteiger partial charge < -0.3 is 0 Å². The number of aryl methyl sites for hydroxylation is 1. The van der Waals surface area contributed by atoms with Crippen molar-refractivity contribution in [2.45, 2.75) is 19.3 Å². The molecule has 1 aliphatic rings. The first-order valence-corrected chi connectivity index (χ1v) is 7.08. The Kier molecular flexibility index (Phi) is 2.30. The Labute approximate surface area is 122 Å². The van der Waals surface area contributed by atoms with Crippen molar-refractivity contribution in [2.24, 2.45) is 7.05 Å². The number of hydrogen-bond acceptors (Lipinski definition) is 1. The molecule has 0 bridgehead atoms. The van der Waals surface area contributed by atoms with E-state index < -0.39 is 5.95 Å². The number of para-hydroxylation sites is 1. The Bertz CT molecular complexity index is 897. The molecule has 2 aromatic heterocycles. The van der Waals surface area contributed by atoms with E-state index in [1.807, 2.05) is 12.1 Å². The van der Waals surface area contributed by atoms with E-state index in [0.29, 0.717) is 0 Å². The summed E-state index contributed by atoms with van der Waals surface area (Å²) in [4.78, 5) is 3.86. The second-order valence-electron chi connectivity index (χ2n) is 6.22. The number of fused-ring (bicyclic) bond motifs is 5. The number of nitrogens with zero attached hydrogens (tertiary/aromatic N) is 2. The van der Waals surface area contributed by atoms with Crippen LogP contribution in [-0.4, -0.2) is 4.98 Å². The summed E-state index contributed by atoms with van der Waals surface area (Å²) in [7, 11) is 2.06. The molecule has 0 unspecified atom stereocenters. The smallest absolute Gasteiger partial charge is 0.213 e.